The van der Waals surface area contributed by atoms with Crippen molar-refractivity contribution in [3.05, 3.63) is 109 Å². The highest BCUT2D eigenvalue weighted by Gasteiger charge is 2.50. The molecule has 3 aromatic carbocycles. The van der Waals surface area contributed by atoms with E-state index in [1.54, 1.807) is 0 Å². The van der Waals surface area contributed by atoms with E-state index in [0.717, 1.165) is 12.0 Å². The van der Waals surface area contributed by atoms with Gasteiger partial charge in [0.05, 0.1) is 31.5 Å². The molecule has 0 aliphatic carbocycles. The van der Waals surface area contributed by atoms with E-state index in [9.17, 15) is 5.11 Å². The Morgan fingerprint density at radius 3 is 1.87 bits per heavy atom. The van der Waals surface area contributed by atoms with Crippen LogP contribution in [-0.4, -0.2) is 44.4 Å². The second-order valence-corrected chi connectivity index (χ2v) is 15.7. The van der Waals surface area contributed by atoms with E-state index in [1.807, 2.05) is 18.2 Å². The van der Waals surface area contributed by atoms with Crippen molar-refractivity contribution in [3.8, 4) is 0 Å². The van der Waals surface area contributed by atoms with Crippen molar-refractivity contribution in [2.45, 2.75) is 83.0 Å². The molecule has 1 heterocycles. The van der Waals surface area contributed by atoms with Crippen LogP contribution < -0.4 is 10.4 Å². The zero-order chi connectivity index (χ0) is 27.7. The first kappa shape index (κ1) is 29.4. The topological polar surface area (TPSA) is 47.9 Å². The number of hydrogen-bond donors (Lipinski definition) is 1. The van der Waals surface area contributed by atoms with E-state index in [1.165, 1.54) is 10.4 Å². The normalized spacial score (nSPS) is 23.4. The number of benzene rings is 3. The molecule has 0 bridgehead atoms. The Hall–Kier alpha value is -2.54. The number of aliphatic hydroxyl groups excluding tert-OH is 1. The molecular formula is C34H44O4Si. The second-order valence-electron chi connectivity index (χ2n) is 11.4. The van der Waals surface area contributed by atoms with Gasteiger partial charge in [-0.3, -0.25) is 0 Å². The first-order chi connectivity index (χ1) is 18.8. The lowest BCUT2D eigenvalue weighted by molar-refractivity contribution is -0.144. The van der Waals surface area contributed by atoms with Gasteiger partial charge in [0.2, 0.25) is 0 Å². The van der Waals surface area contributed by atoms with Gasteiger partial charge in [0, 0.05) is 0 Å². The SMILES string of the molecule is CC[C@H]1O[C@H](CO[Si](c2ccccc2)(c2ccccc2)C(C)(C)C)[C@@H](OCc2ccccc2)C/C=C\C[C@@H]1O. The van der Waals surface area contributed by atoms with Gasteiger partial charge in [-0.25, -0.2) is 0 Å². The van der Waals surface area contributed by atoms with Gasteiger partial charge in [0.15, 0.2) is 0 Å². The van der Waals surface area contributed by atoms with E-state index in [-0.39, 0.29) is 23.4 Å². The zero-order valence-electron chi connectivity index (χ0n) is 23.8. The maximum absolute atomic E-state index is 10.9. The minimum atomic E-state index is -2.76. The molecule has 0 radical (unpaired) electrons. The molecule has 0 aromatic heterocycles. The van der Waals surface area contributed by atoms with E-state index in [0.29, 0.717) is 26.1 Å². The Labute approximate surface area is 235 Å². The summed E-state index contributed by atoms with van der Waals surface area (Å²) in [6.07, 6.45) is 4.78. The van der Waals surface area contributed by atoms with E-state index >= 15 is 0 Å². The van der Waals surface area contributed by atoms with Gasteiger partial charge in [0.25, 0.3) is 8.32 Å². The molecule has 1 aliphatic rings. The Morgan fingerprint density at radius 2 is 1.33 bits per heavy atom. The first-order valence-corrected chi connectivity index (χ1v) is 16.1. The van der Waals surface area contributed by atoms with Crippen LogP contribution in [0, 0.1) is 0 Å². The average molecular weight is 545 g/mol. The molecule has 0 spiro atoms. The molecule has 0 amide bonds. The van der Waals surface area contributed by atoms with E-state index in [2.05, 4.69) is 113 Å². The Morgan fingerprint density at radius 1 is 0.795 bits per heavy atom. The molecule has 3 aromatic rings. The second kappa shape index (κ2) is 13.7. The largest absolute Gasteiger partial charge is 0.405 e. The first-order valence-electron chi connectivity index (χ1n) is 14.2. The molecule has 1 aliphatic heterocycles. The summed E-state index contributed by atoms with van der Waals surface area (Å²) in [4.78, 5) is 0. The van der Waals surface area contributed by atoms with Crippen molar-refractivity contribution < 1.29 is 19.0 Å². The lowest BCUT2D eigenvalue weighted by Crippen LogP contribution is -2.67. The summed E-state index contributed by atoms with van der Waals surface area (Å²) in [6, 6.07) is 31.6. The van der Waals surface area contributed by atoms with Crippen LogP contribution in [-0.2, 0) is 20.5 Å². The van der Waals surface area contributed by atoms with Crippen molar-refractivity contribution in [2.24, 2.45) is 0 Å². The summed E-state index contributed by atoms with van der Waals surface area (Å²) >= 11 is 0. The van der Waals surface area contributed by atoms with E-state index < -0.39 is 14.4 Å². The predicted molar refractivity (Wildman–Crippen MR) is 162 cm³/mol. The maximum Gasteiger partial charge on any atom is 0.261 e. The predicted octanol–water partition coefficient (Wildman–Crippen LogP) is 6.02. The van der Waals surface area contributed by atoms with Crippen LogP contribution in [0.25, 0.3) is 0 Å². The smallest absolute Gasteiger partial charge is 0.261 e. The zero-order valence-corrected chi connectivity index (χ0v) is 24.8. The Bertz CT molecular complexity index is 1100. The molecule has 1 N–H and O–H groups in total. The Kier molecular flexibility index (Phi) is 10.3. The number of ether oxygens (including phenoxy) is 2. The fourth-order valence-electron chi connectivity index (χ4n) is 5.61. The summed E-state index contributed by atoms with van der Waals surface area (Å²) in [7, 11) is -2.76. The fourth-order valence-corrected chi connectivity index (χ4v) is 10.2. The minimum absolute atomic E-state index is 0.141. The highest BCUT2D eigenvalue weighted by atomic mass is 28.4. The monoisotopic (exact) mass is 544 g/mol. The average Bonchev–Trinajstić information content (AvgIpc) is 3.02. The third kappa shape index (κ3) is 7.16. The number of aliphatic hydroxyl groups is 1. The lowest BCUT2D eigenvalue weighted by Gasteiger charge is -2.44. The molecule has 0 saturated carbocycles. The molecule has 4 atom stereocenters. The van der Waals surface area contributed by atoms with Crippen molar-refractivity contribution >= 4 is 18.7 Å². The molecule has 5 heteroatoms. The summed E-state index contributed by atoms with van der Waals surface area (Å²) < 4.78 is 20.5. The molecule has 39 heavy (non-hydrogen) atoms. The standard InChI is InChI=1S/C34H44O4Si/c1-5-31-30(35)23-15-16-24-32(36-25-27-17-9-6-10-18-27)33(38-31)26-37-39(34(2,3)4,28-19-11-7-12-20-28)29-21-13-8-14-22-29/h6-22,30-33,35H,5,23-26H2,1-4H3/b16-15-/t30-,31+,32-,33+/m0/s1. The van der Waals surface area contributed by atoms with Crippen LogP contribution in [0.1, 0.15) is 52.5 Å². The van der Waals surface area contributed by atoms with Crippen LogP contribution in [0.2, 0.25) is 5.04 Å². The van der Waals surface area contributed by atoms with Crippen LogP contribution >= 0.6 is 0 Å². The molecule has 208 valence electrons. The van der Waals surface area contributed by atoms with Crippen LogP contribution in [0.15, 0.2) is 103 Å². The third-order valence-corrected chi connectivity index (χ3v) is 12.7. The van der Waals surface area contributed by atoms with Gasteiger partial charge in [0.1, 0.15) is 6.10 Å². The van der Waals surface area contributed by atoms with Crippen LogP contribution in [0.5, 0.6) is 0 Å². The highest BCUT2D eigenvalue weighted by Crippen LogP contribution is 2.37. The minimum Gasteiger partial charge on any atom is -0.405 e. The fraction of sp³-hybridized carbons (Fsp3) is 0.412. The summed E-state index contributed by atoms with van der Waals surface area (Å²) in [6.45, 7) is 9.80. The van der Waals surface area contributed by atoms with Gasteiger partial charge in [-0.2, -0.15) is 0 Å². The van der Waals surface area contributed by atoms with Crippen molar-refractivity contribution in [1.29, 1.82) is 0 Å². The van der Waals surface area contributed by atoms with Crippen molar-refractivity contribution in [3.63, 3.8) is 0 Å². The number of hydrogen-bond acceptors (Lipinski definition) is 4. The maximum atomic E-state index is 10.9. The summed E-state index contributed by atoms with van der Waals surface area (Å²) in [5.41, 5.74) is 1.13. The highest BCUT2D eigenvalue weighted by molar-refractivity contribution is 6.99. The lowest BCUT2D eigenvalue weighted by atomic mass is 10.1. The summed E-state index contributed by atoms with van der Waals surface area (Å²) in [5.74, 6) is 0. The van der Waals surface area contributed by atoms with Gasteiger partial charge in [-0.1, -0.05) is 131 Å². The molecule has 0 unspecified atom stereocenters. The van der Waals surface area contributed by atoms with Crippen molar-refractivity contribution in [1.82, 2.24) is 0 Å². The van der Waals surface area contributed by atoms with Crippen LogP contribution in [0.3, 0.4) is 0 Å². The quantitative estimate of drug-likeness (QED) is 0.264. The van der Waals surface area contributed by atoms with Gasteiger partial charge >= 0.3 is 0 Å². The molecule has 4 nitrogen and oxygen atoms in total. The van der Waals surface area contributed by atoms with Gasteiger partial charge < -0.3 is 19.0 Å². The van der Waals surface area contributed by atoms with Gasteiger partial charge in [-0.05, 0) is 40.2 Å². The number of rotatable bonds is 9. The summed E-state index contributed by atoms with van der Waals surface area (Å²) in [5, 5.41) is 13.2. The van der Waals surface area contributed by atoms with Crippen molar-refractivity contribution in [2.75, 3.05) is 6.61 Å². The third-order valence-electron chi connectivity index (χ3n) is 7.70. The molecule has 0 fully saturated rings. The van der Waals surface area contributed by atoms with Crippen LogP contribution in [0.4, 0.5) is 0 Å². The Balaban J connectivity index is 1.70. The van der Waals surface area contributed by atoms with E-state index in [4.69, 9.17) is 13.9 Å². The van der Waals surface area contributed by atoms with Gasteiger partial charge in [-0.15, -0.1) is 0 Å². The molecular weight excluding hydrogens is 500 g/mol. The molecule has 4 rings (SSSR count). The molecule has 0 saturated heterocycles.